The van der Waals surface area contributed by atoms with Gasteiger partial charge >= 0.3 is 6.18 Å². The molecule has 0 aliphatic heterocycles. The molecule has 1 aromatic rings. The van der Waals surface area contributed by atoms with Gasteiger partial charge in [0.15, 0.2) is 0 Å². The highest BCUT2D eigenvalue weighted by Gasteiger charge is 2.32. The summed E-state index contributed by atoms with van der Waals surface area (Å²) in [5, 5.41) is 2.77. The Morgan fingerprint density at radius 3 is 2.58 bits per heavy atom. The molecule has 0 aromatic carbocycles. The first-order chi connectivity index (χ1) is 11.1. The Morgan fingerprint density at radius 2 is 2.08 bits per heavy atom. The number of rotatable bonds is 6. The summed E-state index contributed by atoms with van der Waals surface area (Å²) < 4.78 is 58.7. The van der Waals surface area contributed by atoms with E-state index in [2.05, 4.69) is 14.5 Å². The summed E-state index contributed by atoms with van der Waals surface area (Å²) in [4.78, 5) is 8.14. The van der Waals surface area contributed by atoms with Gasteiger partial charge in [0.05, 0.1) is 21.6 Å². The number of nitrogens with zero attached hydrogens (tertiary/aromatic N) is 3. The standard InChI is InChI=1S/C13H19F3N4O3S/c1-9(10-4-5-11(18-8-10)13(14,15)16)24(3,21)20-12(17)19-23-7-6-22-2/h4-5,8-9H,6-7H2,1-3H3,(H2,17,19). The number of methoxy groups -OCH3 is 1. The fourth-order valence-corrected chi connectivity index (χ4v) is 2.79. The number of oxime groups is 1. The molecular formula is C13H19F3N4O3S. The molecule has 24 heavy (non-hydrogen) atoms. The highest BCUT2D eigenvalue weighted by Crippen LogP contribution is 2.29. The molecule has 11 heteroatoms. The van der Waals surface area contributed by atoms with Crippen molar-refractivity contribution in [3.8, 4) is 0 Å². The van der Waals surface area contributed by atoms with Gasteiger partial charge in [0.2, 0.25) is 0 Å². The summed E-state index contributed by atoms with van der Waals surface area (Å²) >= 11 is 0. The van der Waals surface area contributed by atoms with Crippen LogP contribution in [-0.2, 0) is 25.5 Å². The van der Waals surface area contributed by atoms with E-state index in [9.17, 15) is 17.4 Å². The van der Waals surface area contributed by atoms with Gasteiger partial charge in [-0.15, -0.1) is 0 Å². The molecule has 136 valence electrons. The Bertz CT molecular complexity index is 683. The van der Waals surface area contributed by atoms with Crippen LogP contribution in [-0.4, -0.2) is 41.7 Å². The minimum Gasteiger partial charge on any atom is -0.390 e. The van der Waals surface area contributed by atoms with Gasteiger partial charge in [-0.05, 0) is 23.7 Å². The number of pyridine rings is 1. The maximum atomic E-state index is 12.6. The highest BCUT2D eigenvalue weighted by molar-refractivity contribution is 7.93. The van der Waals surface area contributed by atoms with Crippen molar-refractivity contribution >= 4 is 15.7 Å². The van der Waals surface area contributed by atoms with Crippen molar-refractivity contribution in [2.24, 2.45) is 15.3 Å². The van der Waals surface area contributed by atoms with E-state index in [1.165, 1.54) is 19.4 Å². The summed E-state index contributed by atoms with van der Waals surface area (Å²) in [6.45, 7) is 2.00. The van der Waals surface area contributed by atoms with Gasteiger partial charge in [0.25, 0.3) is 5.96 Å². The van der Waals surface area contributed by atoms with Gasteiger partial charge in [0.1, 0.15) is 12.3 Å². The van der Waals surface area contributed by atoms with Crippen LogP contribution in [0.15, 0.2) is 27.8 Å². The van der Waals surface area contributed by atoms with Crippen molar-refractivity contribution < 1.29 is 27.0 Å². The SMILES string of the molecule is COCCO/N=C(\N)N=S(C)(=O)C(C)c1ccc(C(F)(F)F)nc1. The first-order valence-electron chi connectivity index (χ1n) is 6.76. The monoisotopic (exact) mass is 368 g/mol. The fraction of sp³-hybridized carbons (Fsp3) is 0.538. The predicted molar refractivity (Wildman–Crippen MR) is 83.6 cm³/mol. The summed E-state index contributed by atoms with van der Waals surface area (Å²) in [5.41, 5.74) is 4.83. The second-order valence-electron chi connectivity index (χ2n) is 4.84. The van der Waals surface area contributed by atoms with Crippen molar-refractivity contribution in [2.75, 3.05) is 26.6 Å². The van der Waals surface area contributed by atoms with Gasteiger partial charge in [-0.3, -0.25) is 4.98 Å². The Kier molecular flexibility index (Phi) is 6.96. The van der Waals surface area contributed by atoms with Crippen LogP contribution >= 0.6 is 0 Å². The molecule has 2 N–H and O–H groups in total. The number of ether oxygens (including phenoxy) is 1. The van der Waals surface area contributed by atoms with Gasteiger partial charge < -0.3 is 15.3 Å². The molecule has 7 nitrogen and oxygen atoms in total. The van der Waals surface area contributed by atoms with Crippen molar-refractivity contribution in [3.05, 3.63) is 29.6 Å². The number of hydrogen-bond acceptors (Lipinski definition) is 5. The van der Waals surface area contributed by atoms with E-state index in [1.54, 1.807) is 6.92 Å². The minimum atomic E-state index is -4.53. The molecule has 0 fully saturated rings. The molecule has 1 heterocycles. The third kappa shape index (κ3) is 5.96. The van der Waals surface area contributed by atoms with Crippen LogP contribution in [0.2, 0.25) is 0 Å². The van der Waals surface area contributed by atoms with E-state index < -0.39 is 26.8 Å². The Hall–Kier alpha value is -1.88. The van der Waals surface area contributed by atoms with Crippen LogP contribution in [0.4, 0.5) is 13.2 Å². The lowest BCUT2D eigenvalue weighted by atomic mass is 10.2. The van der Waals surface area contributed by atoms with Crippen molar-refractivity contribution in [1.29, 1.82) is 0 Å². The first kappa shape index (κ1) is 20.2. The third-order valence-electron chi connectivity index (χ3n) is 3.01. The number of aromatic nitrogens is 1. The van der Waals surface area contributed by atoms with E-state index in [0.29, 0.717) is 12.2 Å². The zero-order chi connectivity index (χ0) is 18.4. The molecule has 0 amide bonds. The van der Waals surface area contributed by atoms with E-state index in [0.717, 1.165) is 12.3 Å². The molecule has 0 aliphatic rings. The quantitative estimate of drug-likeness (QED) is 0.359. The number of guanidine groups is 1. The Morgan fingerprint density at radius 1 is 1.42 bits per heavy atom. The highest BCUT2D eigenvalue weighted by atomic mass is 32.2. The molecule has 1 rings (SSSR count). The lowest BCUT2D eigenvalue weighted by molar-refractivity contribution is -0.141. The van der Waals surface area contributed by atoms with E-state index in [4.69, 9.17) is 15.3 Å². The maximum absolute atomic E-state index is 12.6. The molecule has 2 unspecified atom stereocenters. The van der Waals surface area contributed by atoms with Crippen molar-refractivity contribution in [2.45, 2.75) is 18.3 Å². The molecule has 2 atom stereocenters. The van der Waals surface area contributed by atoms with E-state index in [1.807, 2.05) is 0 Å². The third-order valence-corrected chi connectivity index (χ3v) is 5.15. The first-order valence-corrected chi connectivity index (χ1v) is 8.75. The summed E-state index contributed by atoms with van der Waals surface area (Å²) in [6, 6.07) is 2.04. The smallest absolute Gasteiger partial charge is 0.390 e. The Labute approximate surface area is 138 Å². The average molecular weight is 368 g/mol. The van der Waals surface area contributed by atoms with Crippen LogP contribution in [0.3, 0.4) is 0 Å². The van der Waals surface area contributed by atoms with Crippen LogP contribution in [0.1, 0.15) is 23.4 Å². The van der Waals surface area contributed by atoms with Crippen LogP contribution in [0.25, 0.3) is 0 Å². The summed E-state index contributed by atoms with van der Waals surface area (Å²) in [5.74, 6) is -0.328. The largest absolute Gasteiger partial charge is 0.433 e. The van der Waals surface area contributed by atoms with Crippen LogP contribution in [0, 0.1) is 0 Å². The van der Waals surface area contributed by atoms with Gasteiger partial charge in [-0.25, -0.2) is 4.21 Å². The summed E-state index contributed by atoms with van der Waals surface area (Å²) in [6.07, 6.45) is -2.18. The normalized spacial score (nSPS) is 16.3. The zero-order valence-corrected chi connectivity index (χ0v) is 14.2. The molecule has 0 radical (unpaired) electrons. The Balaban J connectivity index is 2.93. The second-order valence-corrected chi connectivity index (χ2v) is 7.46. The molecule has 1 aromatic heterocycles. The van der Waals surface area contributed by atoms with Gasteiger partial charge in [-0.1, -0.05) is 6.07 Å². The van der Waals surface area contributed by atoms with Crippen molar-refractivity contribution in [3.63, 3.8) is 0 Å². The van der Waals surface area contributed by atoms with Crippen LogP contribution in [0.5, 0.6) is 0 Å². The van der Waals surface area contributed by atoms with Gasteiger partial charge in [0, 0.05) is 19.6 Å². The predicted octanol–water partition coefficient (Wildman–Crippen LogP) is 2.15. The molecular weight excluding hydrogens is 349 g/mol. The van der Waals surface area contributed by atoms with E-state index >= 15 is 0 Å². The topological polar surface area (TPSA) is 99.2 Å². The summed E-state index contributed by atoms with van der Waals surface area (Å²) in [7, 11) is -1.43. The minimum absolute atomic E-state index is 0.149. The molecule has 0 spiro atoms. The number of hydrogen-bond donors (Lipinski definition) is 1. The molecule has 0 saturated carbocycles. The molecule has 0 aliphatic carbocycles. The number of halogens is 3. The second kappa shape index (κ2) is 8.29. The number of nitrogens with two attached hydrogens (primary N) is 1. The zero-order valence-electron chi connectivity index (χ0n) is 13.4. The average Bonchev–Trinajstić information content (AvgIpc) is 2.49. The molecule has 0 saturated heterocycles. The van der Waals surface area contributed by atoms with Crippen molar-refractivity contribution in [1.82, 2.24) is 4.98 Å². The van der Waals surface area contributed by atoms with Gasteiger partial charge in [-0.2, -0.15) is 17.5 Å². The lowest BCUT2D eigenvalue weighted by Gasteiger charge is -2.14. The lowest BCUT2D eigenvalue weighted by Crippen LogP contribution is -2.17. The maximum Gasteiger partial charge on any atom is 0.433 e. The van der Waals surface area contributed by atoms with Crippen LogP contribution < -0.4 is 5.73 Å². The van der Waals surface area contributed by atoms with E-state index in [-0.39, 0.29) is 12.6 Å². The number of alkyl halides is 3. The fourth-order valence-electron chi connectivity index (χ4n) is 1.58. The molecule has 0 bridgehead atoms.